The highest BCUT2D eigenvalue weighted by atomic mass is 35.5. The Balaban J connectivity index is 0.00000400. The fourth-order valence-electron chi connectivity index (χ4n) is 1.61. The Kier molecular flexibility index (Phi) is 8.83. The molecule has 0 N–H and O–H groups in total. The van der Waals surface area contributed by atoms with Crippen molar-refractivity contribution < 1.29 is 9.59 Å². The van der Waals surface area contributed by atoms with Crippen molar-refractivity contribution in [3.63, 3.8) is 0 Å². The van der Waals surface area contributed by atoms with Gasteiger partial charge in [-0.2, -0.15) is 0 Å². The summed E-state index contributed by atoms with van der Waals surface area (Å²) in [6, 6.07) is 4.99. The highest BCUT2D eigenvalue weighted by molar-refractivity contribution is 6.42. The molecule has 0 amide bonds. The summed E-state index contributed by atoms with van der Waals surface area (Å²) in [7, 11) is 3.76. The Bertz CT molecular complexity index is 554. The molecule has 0 atom stereocenters. The van der Waals surface area contributed by atoms with Gasteiger partial charge in [0.1, 0.15) is 0 Å². The fourth-order valence-corrected chi connectivity index (χ4v) is 1.91. The predicted octanol–water partition coefficient (Wildman–Crippen LogP) is 3.91. The van der Waals surface area contributed by atoms with Crippen LogP contribution in [-0.2, 0) is 9.59 Å². The lowest BCUT2D eigenvalue weighted by molar-refractivity contribution is -0.120. The predicted molar refractivity (Wildman–Crippen MR) is 90.5 cm³/mol. The van der Waals surface area contributed by atoms with E-state index in [-0.39, 0.29) is 29.5 Å². The Morgan fingerprint density at radius 3 is 2.29 bits per heavy atom. The number of allylic oxidation sites excluding steroid dienone is 1. The molecule has 0 aromatic heterocycles. The molecule has 0 fully saturated rings. The molecular weight excluding hydrogens is 333 g/mol. The van der Waals surface area contributed by atoms with Gasteiger partial charge in [-0.15, -0.1) is 12.4 Å². The van der Waals surface area contributed by atoms with Crippen molar-refractivity contribution in [3.05, 3.63) is 39.4 Å². The van der Waals surface area contributed by atoms with Gasteiger partial charge in [0, 0.05) is 13.0 Å². The zero-order chi connectivity index (χ0) is 15.3. The van der Waals surface area contributed by atoms with Crippen molar-refractivity contribution in [1.82, 2.24) is 4.90 Å². The van der Waals surface area contributed by atoms with Gasteiger partial charge in [0.25, 0.3) is 0 Å². The summed E-state index contributed by atoms with van der Waals surface area (Å²) in [6.45, 7) is 1.99. The van der Waals surface area contributed by atoms with E-state index < -0.39 is 0 Å². The number of benzene rings is 1. The highest BCUT2D eigenvalue weighted by Gasteiger charge is 2.14. The molecule has 3 nitrogen and oxygen atoms in total. The van der Waals surface area contributed by atoms with Gasteiger partial charge < -0.3 is 4.90 Å². The second kappa shape index (κ2) is 9.21. The number of nitrogens with zero attached hydrogens (tertiary/aromatic N) is 1. The molecule has 0 spiro atoms. The molecule has 6 heteroatoms. The van der Waals surface area contributed by atoms with Gasteiger partial charge in [-0.05, 0) is 44.8 Å². The van der Waals surface area contributed by atoms with E-state index in [1.54, 1.807) is 24.3 Å². The number of carbonyl (C=O) groups excluding carboxylic acids is 2. The average molecular weight is 351 g/mol. The van der Waals surface area contributed by atoms with Crippen LogP contribution in [0.3, 0.4) is 0 Å². The zero-order valence-corrected chi connectivity index (χ0v) is 14.5. The van der Waals surface area contributed by atoms with Crippen LogP contribution in [0.25, 0.3) is 6.08 Å². The number of halogens is 3. The molecule has 0 saturated heterocycles. The van der Waals surface area contributed by atoms with Crippen molar-refractivity contribution in [2.45, 2.75) is 13.3 Å². The molecule has 0 unspecified atom stereocenters. The average Bonchev–Trinajstić information content (AvgIpc) is 2.36. The van der Waals surface area contributed by atoms with Crippen LogP contribution in [0, 0.1) is 0 Å². The third-order valence-corrected chi connectivity index (χ3v) is 3.46. The smallest absolute Gasteiger partial charge is 0.167 e. The number of Topliss-reactive ketones (excluding diaryl/α,β-unsaturated/α-hetero) is 2. The lowest BCUT2D eigenvalue weighted by atomic mass is 10.0. The summed E-state index contributed by atoms with van der Waals surface area (Å²) in [5.41, 5.74) is 0.869. The molecule has 0 heterocycles. The lowest BCUT2D eigenvalue weighted by Gasteiger charge is -2.09. The molecular formula is C15H18Cl3NO2. The molecule has 0 saturated carbocycles. The summed E-state index contributed by atoms with van der Waals surface area (Å²) in [6.07, 6.45) is 1.86. The van der Waals surface area contributed by atoms with Crippen molar-refractivity contribution in [2.24, 2.45) is 0 Å². The second-order valence-corrected chi connectivity index (χ2v) is 5.58. The second-order valence-electron chi connectivity index (χ2n) is 4.76. The first-order valence-corrected chi connectivity index (χ1v) is 6.92. The van der Waals surface area contributed by atoms with E-state index in [4.69, 9.17) is 23.2 Å². The Morgan fingerprint density at radius 2 is 1.81 bits per heavy atom. The van der Waals surface area contributed by atoms with E-state index in [1.165, 1.54) is 6.92 Å². The molecule has 0 bridgehead atoms. The van der Waals surface area contributed by atoms with Crippen LogP contribution in [0.4, 0.5) is 0 Å². The topological polar surface area (TPSA) is 37.4 Å². The van der Waals surface area contributed by atoms with Crippen molar-refractivity contribution in [3.8, 4) is 0 Å². The highest BCUT2D eigenvalue weighted by Crippen LogP contribution is 2.24. The molecule has 0 aliphatic heterocycles. The van der Waals surface area contributed by atoms with Crippen LogP contribution < -0.4 is 0 Å². The summed E-state index contributed by atoms with van der Waals surface area (Å²) in [5, 5.41) is 0.830. The maximum Gasteiger partial charge on any atom is 0.167 e. The lowest BCUT2D eigenvalue weighted by Crippen LogP contribution is -2.19. The third-order valence-electron chi connectivity index (χ3n) is 2.72. The number of ketones is 2. The standard InChI is InChI=1S/C15H17Cl2NO2.ClH/c1-10(19)12(15(20)6-7-18(2)3)8-11-4-5-13(16)14(17)9-11;/h4-5,8-9H,6-7H2,1-3H3;1H/b12-8+;. The maximum atomic E-state index is 12.1. The van der Waals surface area contributed by atoms with Crippen molar-refractivity contribution >= 4 is 53.3 Å². The van der Waals surface area contributed by atoms with Crippen LogP contribution in [0.5, 0.6) is 0 Å². The first-order valence-electron chi connectivity index (χ1n) is 6.17. The van der Waals surface area contributed by atoms with Gasteiger partial charge in [-0.1, -0.05) is 29.3 Å². The number of carbonyl (C=O) groups is 2. The minimum absolute atomic E-state index is 0. The summed E-state index contributed by atoms with van der Waals surface area (Å²) >= 11 is 11.8. The number of rotatable bonds is 6. The molecule has 116 valence electrons. The quantitative estimate of drug-likeness (QED) is 0.443. The van der Waals surface area contributed by atoms with Crippen molar-refractivity contribution in [2.75, 3.05) is 20.6 Å². The van der Waals surface area contributed by atoms with Gasteiger partial charge in [0.15, 0.2) is 11.6 Å². The van der Waals surface area contributed by atoms with E-state index in [1.807, 2.05) is 19.0 Å². The van der Waals surface area contributed by atoms with E-state index in [0.29, 0.717) is 28.6 Å². The van der Waals surface area contributed by atoms with E-state index >= 15 is 0 Å². The first-order chi connectivity index (χ1) is 9.31. The first kappa shape index (κ1) is 20.1. The van der Waals surface area contributed by atoms with Crippen molar-refractivity contribution in [1.29, 1.82) is 0 Å². The summed E-state index contributed by atoms with van der Waals surface area (Å²) in [4.78, 5) is 25.6. The van der Waals surface area contributed by atoms with Gasteiger partial charge >= 0.3 is 0 Å². The Hall–Kier alpha value is -0.870. The molecule has 1 aromatic carbocycles. The normalized spacial score (nSPS) is 11.2. The SMILES string of the molecule is CC(=O)/C(=C\c1ccc(Cl)c(Cl)c1)C(=O)CCN(C)C.Cl. The zero-order valence-electron chi connectivity index (χ0n) is 12.2. The van der Waals surface area contributed by atoms with Crippen LogP contribution >= 0.6 is 35.6 Å². The van der Waals surface area contributed by atoms with Gasteiger partial charge in [0.2, 0.25) is 0 Å². The molecule has 21 heavy (non-hydrogen) atoms. The Labute approximate surface area is 141 Å². The van der Waals surface area contributed by atoms with Crippen LogP contribution in [0.2, 0.25) is 10.0 Å². The molecule has 0 aliphatic rings. The van der Waals surface area contributed by atoms with E-state index in [0.717, 1.165) is 0 Å². The molecule has 1 rings (SSSR count). The number of hydrogen-bond acceptors (Lipinski definition) is 3. The summed E-state index contributed by atoms with van der Waals surface area (Å²) < 4.78 is 0. The van der Waals surface area contributed by atoms with E-state index in [2.05, 4.69) is 0 Å². The molecule has 0 aliphatic carbocycles. The van der Waals surface area contributed by atoms with E-state index in [9.17, 15) is 9.59 Å². The number of hydrogen-bond donors (Lipinski definition) is 0. The molecule has 0 radical (unpaired) electrons. The Morgan fingerprint density at radius 1 is 1.19 bits per heavy atom. The third kappa shape index (κ3) is 6.62. The minimum atomic E-state index is -0.250. The van der Waals surface area contributed by atoms with Crippen LogP contribution in [0.15, 0.2) is 23.8 Å². The van der Waals surface area contributed by atoms with Gasteiger partial charge in [-0.3, -0.25) is 9.59 Å². The summed E-state index contributed by atoms with van der Waals surface area (Å²) in [5.74, 6) is -0.419. The molecule has 1 aromatic rings. The fraction of sp³-hybridized carbons (Fsp3) is 0.333. The van der Waals surface area contributed by atoms with Gasteiger partial charge in [-0.25, -0.2) is 0 Å². The van der Waals surface area contributed by atoms with Gasteiger partial charge in [0.05, 0.1) is 15.6 Å². The van der Waals surface area contributed by atoms with Crippen LogP contribution in [0.1, 0.15) is 18.9 Å². The monoisotopic (exact) mass is 349 g/mol. The minimum Gasteiger partial charge on any atom is -0.309 e. The maximum absolute atomic E-state index is 12.1. The largest absolute Gasteiger partial charge is 0.309 e. The van der Waals surface area contributed by atoms with Crippen LogP contribution in [-0.4, -0.2) is 37.1 Å².